The number of benzene rings is 2. The van der Waals surface area contributed by atoms with E-state index in [0.29, 0.717) is 5.95 Å². The highest BCUT2D eigenvalue weighted by molar-refractivity contribution is 9.10. The maximum atomic E-state index is 6.04. The second-order valence-corrected chi connectivity index (χ2v) is 5.73. The number of methoxy groups -OCH3 is 1. The Balaban J connectivity index is 1.91. The van der Waals surface area contributed by atoms with Gasteiger partial charge in [-0.05, 0) is 36.2 Å². The number of imidazole rings is 1. The van der Waals surface area contributed by atoms with Gasteiger partial charge in [0.15, 0.2) is 0 Å². The molecule has 5 heteroatoms. The number of ether oxygens (including phenoxy) is 1. The van der Waals surface area contributed by atoms with Crippen LogP contribution in [0.2, 0.25) is 0 Å². The Morgan fingerprint density at radius 1 is 1.24 bits per heavy atom. The molecule has 0 bridgehead atoms. The van der Waals surface area contributed by atoms with Crippen LogP contribution in [0.1, 0.15) is 5.56 Å². The summed E-state index contributed by atoms with van der Waals surface area (Å²) in [5, 5.41) is 0. The number of halogens is 1. The van der Waals surface area contributed by atoms with Crippen LogP contribution in [0.25, 0.3) is 11.0 Å². The summed E-state index contributed by atoms with van der Waals surface area (Å²) in [5.74, 6) is 1.44. The zero-order chi connectivity index (χ0) is 14.8. The minimum atomic E-state index is 0.540. The second-order valence-electron chi connectivity index (χ2n) is 4.82. The van der Waals surface area contributed by atoms with Crippen molar-refractivity contribution in [2.45, 2.75) is 13.0 Å². The van der Waals surface area contributed by atoms with E-state index >= 15 is 0 Å². The lowest BCUT2D eigenvalue weighted by Crippen LogP contribution is -2.06. The highest BCUT2D eigenvalue weighted by atomic mass is 79.9. The molecule has 0 atom stereocenters. The molecule has 0 saturated heterocycles. The molecule has 0 amide bonds. The van der Waals surface area contributed by atoms with Crippen LogP contribution in [-0.2, 0) is 13.0 Å². The molecule has 1 heterocycles. The van der Waals surface area contributed by atoms with Gasteiger partial charge in [-0.2, -0.15) is 0 Å². The van der Waals surface area contributed by atoms with Gasteiger partial charge in [-0.25, -0.2) is 4.98 Å². The molecule has 0 aliphatic heterocycles. The predicted octanol–water partition coefficient (Wildman–Crippen LogP) is 3.63. The SMILES string of the molecule is COc1ccccc1CCn1c(N)nc2ccc(Br)cc21. The number of fused-ring (bicyclic) bond motifs is 1. The molecule has 0 aliphatic rings. The maximum absolute atomic E-state index is 6.04. The van der Waals surface area contributed by atoms with Crippen LogP contribution >= 0.6 is 15.9 Å². The number of hydrogen-bond donors (Lipinski definition) is 1. The zero-order valence-corrected chi connectivity index (χ0v) is 13.3. The number of rotatable bonds is 4. The van der Waals surface area contributed by atoms with Gasteiger partial charge in [-0.15, -0.1) is 0 Å². The van der Waals surface area contributed by atoms with Gasteiger partial charge in [-0.1, -0.05) is 34.1 Å². The third-order valence-electron chi connectivity index (χ3n) is 3.54. The van der Waals surface area contributed by atoms with Crippen molar-refractivity contribution in [1.29, 1.82) is 0 Å². The summed E-state index contributed by atoms with van der Waals surface area (Å²) in [4.78, 5) is 4.40. The monoisotopic (exact) mass is 345 g/mol. The molecule has 3 rings (SSSR count). The average molecular weight is 346 g/mol. The van der Waals surface area contributed by atoms with Crippen LogP contribution in [0, 0.1) is 0 Å². The van der Waals surface area contributed by atoms with Gasteiger partial charge in [-0.3, -0.25) is 0 Å². The van der Waals surface area contributed by atoms with Gasteiger partial charge in [0.05, 0.1) is 18.1 Å². The van der Waals surface area contributed by atoms with Crippen molar-refractivity contribution in [3.05, 3.63) is 52.5 Å². The zero-order valence-electron chi connectivity index (χ0n) is 11.7. The largest absolute Gasteiger partial charge is 0.496 e. The minimum Gasteiger partial charge on any atom is -0.496 e. The molecule has 1 aromatic heterocycles. The van der Waals surface area contributed by atoms with E-state index in [1.54, 1.807) is 7.11 Å². The summed E-state index contributed by atoms with van der Waals surface area (Å²) in [7, 11) is 1.69. The number of aryl methyl sites for hydroxylation is 2. The minimum absolute atomic E-state index is 0.540. The van der Waals surface area contributed by atoms with E-state index in [4.69, 9.17) is 10.5 Å². The molecule has 3 aromatic rings. The van der Waals surface area contributed by atoms with E-state index < -0.39 is 0 Å². The van der Waals surface area contributed by atoms with Crippen molar-refractivity contribution in [1.82, 2.24) is 9.55 Å². The fourth-order valence-electron chi connectivity index (χ4n) is 2.49. The van der Waals surface area contributed by atoms with E-state index in [-0.39, 0.29) is 0 Å². The summed E-state index contributed by atoms with van der Waals surface area (Å²) in [6.07, 6.45) is 0.839. The molecule has 2 N–H and O–H groups in total. The highest BCUT2D eigenvalue weighted by Gasteiger charge is 2.09. The quantitative estimate of drug-likeness (QED) is 0.785. The summed E-state index contributed by atoms with van der Waals surface area (Å²) in [5.41, 5.74) is 9.16. The molecular formula is C16H16BrN3O. The number of nitrogens with zero attached hydrogens (tertiary/aromatic N) is 2. The van der Waals surface area contributed by atoms with Gasteiger partial charge >= 0.3 is 0 Å². The van der Waals surface area contributed by atoms with Crippen molar-refractivity contribution in [2.24, 2.45) is 0 Å². The van der Waals surface area contributed by atoms with Crippen molar-refractivity contribution in [3.63, 3.8) is 0 Å². The van der Waals surface area contributed by atoms with Gasteiger partial charge in [0, 0.05) is 11.0 Å². The average Bonchev–Trinajstić information content (AvgIpc) is 2.80. The van der Waals surface area contributed by atoms with Crippen LogP contribution < -0.4 is 10.5 Å². The Labute approximate surface area is 131 Å². The van der Waals surface area contributed by atoms with Gasteiger partial charge in [0.2, 0.25) is 5.95 Å². The fourth-order valence-corrected chi connectivity index (χ4v) is 2.84. The standard InChI is InChI=1S/C16H16BrN3O/c1-21-15-5-3-2-4-11(15)8-9-20-14-10-12(17)6-7-13(14)19-16(20)18/h2-7,10H,8-9H2,1H3,(H2,18,19). The third kappa shape index (κ3) is 2.74. The number of aromatic nitrogens is 2. The molecular weight excluding hydrogens is 330 g/mol. The first-order valence-electron chi connectivity index (χ1n) is 6.72. The van der Waals surface area contributed by atoms with Crippen LogP contribution in [0.4, 0.5) is 5.95 Å². The van der Waals surface area contributed by atoms with Crippen molar-refractivity contribution in [3.8, 4) is 5.75 Å². The molecule has 4 nitrogen and oxygen atoms in total. The van der Waals surface area contributed by atoms with Crippen molar-refractivity contribution < 1.29 is 4.74 Å². The Morgan fingerprint density at radius 2 is 2.05 bits per heavy atom. The Morgan fingerprint density at radius 3 is 2.86 bits per heavy atom. The van der Waals surface area contributed by atoms with Crippen molar-refractivity contribution >= 4 is 32.9 Å². The Bertz CT molecular complexity index is 782. The topological polar surface area (TPSA) is 53.1 Å². The van der Waals surface area contributed by atoms with Crippen LogP contribution in [0.5, 0.6) is 5.75 Å². The fraction of sp³-hybridized carbons (Fsp3) is 0.188. The number of para-hydroxylation sites is 1. The summed E-state index contributed by atoms with van der Waals surface area (Å²) in [6.45, 7) is 0.763. The lowest BCUT2D eigenvalue weighted by Gasteiger charge is -2.10. The highest BCUT2D eigenvalue weighted by Crippen LogP contribution is 2.24. The first kappa shape index (κ1) is 13.9. The molecule has 0 unspecified atom stereocenters. The summed E-state index contributed by atoms with van der Waals surface area (Å²) >= 11 is 3.49. The van der Waals surface area contributed by atoms with Gasteiger partial charge in [0.1, 0.15) is 5.75 Å². The molecule has 0 fully saturated rings. The first-order valence-corrected chi connectivity index (χ1v) is 7.51. The van der Waals surface area contributed by atoms with E-state index in [9.17, 15) is 0 Å². The second kappa shape index (κ2) is 5.77. The molecule has 21 heavy (non-hydrogen) atoms. The number of anilines is 1. The molecule has 2 aromatic carbocycles. The van der Waals surface area contributed by atoms with Crippen LogP contribution in [-0.4, -0.2) is 16.7 Å². The van der Waals surface area contributed by atoms with E-state index in [2.05, 4.69) is 27.0 Å². The Kier molecular flexibility index (Phi) is 3.84. The smallest absolute Gasteiger partial charge is 0.201 e. The van der Waals surface area contributed by atoms with Gasteiger partial charge in [0.25, 0.3) is 0 Å². The number of hydrogen-bond acceptors (Lipinski definition) is 3. The molecule has 0 radical (unpaired) electrons. The number of nitrogen functional groups attached to an aromatic ring is 1. The molecule has 0 spiro atoms. The normalized spacial score (nSPS) is 11.0. The first-order chi connectivity index (χ1) is 10.2. The summed E-state index contributed by atoms with van der Waals surface area (Å²) in [6, 6.07) is 14.0. The lowest BCUT2D eigenvalue weighted by molar-refractivity contribution is 0.408. The van der Waals surface area contributed by atoms with E-state index in [1.165, 1.54) is 0 Å². The maximum Gasteiger partial charge on any atom is 0.201 e. The lowest BCUT2D eigenvalue weighted by atomic mass is 10.1. The molecule has 0 saturated carbocycles. The predicted molar refractivity (Wildman–Crippen MR) is 88.5 cm³/mol. The third-order valence-corrected chi connectivity index (χ3v) is 4.03. The Hall–Kier alpha value is -2.01. The van der Waals surface area contributed by atoms with Crippen LogP contribution in [0.3, 0.4) is 0 Å². The van der Waals surface area contributed by atoms with Crippen LogP contribution in [0.15, 0.2) is 46.9 Å². The molecule has 0 aliphatic carbocycles. The van der Waals surface area contributed by atoms with Crippen molar-refractivity contribution in [2.75, 3.05) is 12.8 Å². The summed E-state index contributed by atoms with van der Waals surface area (Å²) < 4.78 is 8.44. The van der Waals surface area contributed by atoms with Gasteiger partial charge < -0.3 is 15.0 Å². The van der Waals surface area contributed by atoms with E-state index in [0.717, 1.165) is 39.8 Å². The number of nitrogens with two attached hydrogens (primary N) is 1. The van der Waals surface area contributed by atoms with E-state index in [1.807, 2.05) is 41.0 Å². The molecule has 108 valence electrons.